The Morgan fingerprint density at radius 3 is 2.69 bits per heavy atom. The molecule has 0 bridgehead atoms. The molecule has 0 fully saturated rings. The standard InChI is InChI=1S/C9H7ClN2O/c1-5-2-8(10)6(4-11)3-7(5)9(12)13/h2-3H,1H3,(H2,12,13). The largest absolute Gasteiger partial charge is 0.366 e. The number of halogens is 1. The topological polar surface area (TPSA) is 66.9 Å². The number of benzene rings is 1. The number of aryl methyl sites for hydroxylation is 1. The van der Waals surface area contributed by atoms with E-state index in [9.17, 15) is 4.79 Å². The van der Waals surface area contributed by atoms with Crippen molar-refractivity contribution in [3.05, 3.63) is 33.8 Å². The van der Waals surface area contributed by atoms with Gasteiger partial charge >= 0.3 is 0 Å². The first-order valence-electron chi connectivity index (χ1n) is 3.56. The number of amides is 1. The van der Waals surface area contributed by atoms with Crippen LogP contribution in [0.3, 0.4) is 0 Å². The maximum absolute atomic E-state index is 10.9. The van der Waals surface area contributed by atoms with E-state index in [1.54, 1.807) is 13.0 Å². The van der Waals surface area contributed by atoms with Crippen LogP contribution in [0, 0.1) is 18.3 Å². The summed E-state index contributed by atoms with van der Waals surface area (Å²) in [5.74, 6) is -0.550. The molecule has 1 rings (SSSR count). The lowest BCUT2D eigenvalue weighted by Gasteiger charge is -2.02. The number of hydrogen-bond acceptors (Lipinski definition) is 2. The van der Waals surface area contributed by atoms with Gasteiger partial charge in [-0.25, -0.2) is 0 Å². The normalized spacial score (nSPS) is 9.31. The van der Waals surface area contributed by atoms with Crippen molar-refractivity contribution in [3.8, 4) is 6.07 Å². The summed E-state index contributed by atoms with van der Waals surface area (Å²) in [6.45, 7) is 1.72. The number of primary amides is 1. The van der Waals surface area contributed by atoms with E-state index in [4.69, 9.17) is 22.6 Å². The van der Waals surface area contributed by atoms with E-state index in [1.165, 1.54) is 6.07 Å². The quantitative estimate of drug-likeness (QED) is 0.738. The molecule has 13 heavy (non-hydrogen) atoms. The highest BCUT2D eigenvalue weighted by Crippen LogP contribution is 2.20. The molecule has 0 saturated heterocycles. The minimum Gasteiger partial charge on any atom is -0.366 e. The Bertz CT molecular complexity index is 407. The van der Waals surface area contributed by atoms with Crippen molar-refractivity contribution < 1.29 is 4.79 Å². The van der Waals surface area contributed by atoms with E-state index in [0.29, 0.717) is 16.1 Å². The van der Waals surface area contributed by atoms with E-state index in [-0.39, 0.29) is 5.56 Å². The molecule has 4 heteroatoms. The van der Waals surface area contributed by atoms with E-state index in [0.717, 1.165) is 0 Å². The number of nitrogens with two attached hydrogens (primary N) is 1. The number of rotatable bonds is 1. The van der Waals surface area contributed by atoms with Crippen LogP contribution in [0.4, 0.5) is 0 Å². The average Bonchev–Trinajstić information content (AvgIpc) is 2.03. The maximum Gasteiger partial charge on any atom is 0.249 e. The zero-order valence-electron chi connectivity index (χ0n) is 6.97. The fraction of sp³-hybridized carbons (Fsp3) is 0.111. The number of carbonyl (C=O) groups is 1. The molecule has 0 aliphatic carbocycles. The molecule has 1 aromatic rings. The number of nitrogens with zero attached hydrogens (tertiary/aromatic N) is 1. The highest BCUT2D eigenvalue weighted by Gasteiger charge is 2.09. The Balaban J connectivity index is 3.41. The molecule has 1 aromatic carbocycles. The molecule has 3 nitrogen and oxygen atoms in total. The number of carbonyl (C=O) groups excluding carboxylic acids is 1. The van der Waals surface area contributed by atoms with Crippen LogP contribution in [0.2, 0.25) is 5.02 Å². The number of nitriles is 1. The predicted octanol–water partition coefficient (Wildman–Crippen LogP) is 1.62. The molecule has 0 radical (unpaired) electrons. The fourth-order valence-electron chi connectivity index (χ4n) is 1.02. The maximum atomic E-state index is 10.9. The molecule has 0 heterocycles. The summed E-state index contributed by atoms with van der Waals surface area (Å²) in [6.07, 6.45) is 0. The first-order valence-corrected chi connectivity index (χ1v) is 3.94. The third-order valence-electron chi connectivity index (χ3n) is 1.70. The van der Waals surface area contributed by atoms with Crippen molar-refractivity contribution in [1.82, 2.24) is 0 Å². The molecule has 0 saturated carbocycles. The Labute approximate surface area is 80.7 Å². The first kappa shape index (κ1) is 9.56. The summed E-state index contributed by atoms with van der Waals surface area (Å²) >= 11 is 5.73. The van der Waals surface area contributed by atoms with Crippen LogP contribution in [-0.2, 0) is 0 Å². The van der Waals surface area contributed by atoms with Gasteiger partial charge in [0.1, 0.15) is 6.07 Å². The first-order chi connectivity index (χ1) is 6.06. The van der Waals surface area contributed by atoms with E-state index < -0.39 is 5.91 Å². The molecule has 66 valence electrons. The van der Waals surface area contributed by atoms with E-state index in [1.807, 2.05) is 6.07 Å². The zero-order chi connectivity index (χ0) is 10.0. The second-order valence-electron chi connectivity index (χ2n) is 2.62. The molecular weight excluding hydrogens is 188 g/mol. The SMILES string of the molecule is Cc1cc(Cl)c(C#N)cc1C(N)=O. The van der Waals surface area contributed by atoms with Crippen LogP contribution < -0.4 is 5.73 Å². The van der Waals surface area contributed by atoms with Gasteiger partial charge in [0.2, 0.25) is 5.91 Å². The average molecular weight is 195 g/mol. The van der Waals surface area contributed by atoms with Gasteiger partial charge in [0, 0.05) is 5.56 Å². The molecule has 0 spiro atoms. The zero-order valence-corrected chi connectivity index (χ0v) is 7.72. The Morgan fingerprint density at radius 1 is 1.62 bits per heavy atom. The fourth-order valence-corrected chi connectivity index (χ4v) is 1.28. The summed E-state index contributed by atoms with van der Waals surface area (Å²) in [6, 6.07) is 4.84. The highest BCUT2D eigenvalue weighted by atomic mass is 35.5. The second kappa shape index (κ2) is 3.46. The molecule has 1 amide bonds. The van der Waals surface area contributed by atoms with Gasteiger partial charge in [-0.1, -0.05) is 11.6 Å². The van der Waals surface area contributed by atoms with E-state index >= 15 is 0 Å². The minimum atomic E-state index is -0.550. The molecule has 0 aliphatic heterocycles. The Kier molecular flexibility index (Phi) is 2.54. The van der Waals surface area contributed by atoms with Gasteiger partial charge in [0.15, 0.2) is 0 Å². The van der Waals surface area contributed by atoms with Gasteiger partial charge in [-0.05, 0) is 24.6 Å². The van der Waals surface area contributed by atoms with E-state index in [2.05, 4.69) is 0 Å². The lowest BCUT2D eigenvalue weighted by molar-refractivity contribution is 0.0999. The Hall–Kier alpha value is -1.53. The molecule has 2 N–H and O–H groups in total. The van der Waals surface area contributed by atoms with Gasteiger partial charge in [0.05, 0.1) is 10.6 Å². The van der Waals surface area contributed by atoms with Gasteiger partial charge < -0.3 is 5.73 Å². The van der Waals surface area contributed by atoms with Crippen LogP contribution in [0.5, 0.6) is 0 Å². The van der Waals surface area contributed by atoms with Crippen LogP contribution in [0.1, 0.15) is 21.5 Å². The van der Waals surface area contributed by atoms with Crippen LogP contribution in [0.15, 0.2) is 12.1 Å². The molecule has 0 aromatic heterocycles. The third-order valence-corrected chi connectivity index (χ3v) is 2.01. The molecule has 0 unspecified atom stereocenters. The Morgan fingerprint density at radius 2 is 2.23 bits per heavy atom. The molecule has 0 atom stereocenters. The summed E-state index contributed by atoms with van der Waals surface area (Å²) in [5.41, 5.74) is 6.37. The molecule has 0 aliphatic rings. The summed E-state index contributed by atoms with van der Waals surface area (Å²) in [7, 11) is 0. The van der Waals surface area contributed by atoms with Gasteiger partial charge in [-0.3, -0.25) is 4.79 Å². The van der Waals surface area contributed by atoms with Crippen LogP contribution in [-0.4, -0.2) is 5.91 Å². The smallest absolute Gasteiger partial charge is 0.249 e. The summed E-state index contributed by atoms with van der Waals surface area (Å²) in [4.78, 5) is 10.9. The lowest BCUT2D eigenvalue weighted by atomic mass is 10.1. The predicted molar refractivity (Wildman–Crippen MR) is 49.4 cm³/mol. The van der Waals surface area contributed by atoms with Gasteiger partial charge in [0.25, 0.3) is 0 Å². The summed E-state index contributed by atoms with van der Waals surface area (Å²) in [5, 5.41) is 8.97. The van der Waals surface area contributed by atoms with Crippen molar-refractivity contribution >= 4 is 17.5 Å². The van der Waals surface area contributed by atoms with Gasteiger partial charge in [-0.15, -0.1) is 0 Å². The highest BCUT2D eigenvalue weighted by molar-refractivity contribution is 6.32. The van der Waals surface area contributed by atoms with Crippen LogP contribution in [0.25, 0.3) is 0 Å². The third kappa shape index (κ3) is 1.79. The lowest BCUT2D eigenvalue weighted by Crippen LogP contribution is -2.12. The van der Waals surface area contributed by atoms with Crippen LogP contribution >= 0.6 is 11.6 Å². The van der Waals surface area contributed by atoms with Crippen molar-refractivity contribution in [2.75, 3.05) is 0 Å². The van der Waals surface area contributed by atoms with Gasteiger partial charge in [-0.2, -0.15) is 5.26 Å². The monoisotopic (exact) mass is 194 g/mol. The summed E-state index contributed by atoms with van der Waals surface area (Å²) < 4.78 is 0. The molecular formula is C9H7ClN2O. The van der Waals surface area contributed by atoms with Crippen molar-refractivity contribution in [2.24, 2.45) is 5.73 Å². The van der Waals surface area contributed by atoms with Crippen molar-refractivity contribution in [1.29, 1.82) is 5.26 Å². The number of hydrogen-bond donors (Lipinski definition) is 1. The van der Waals surface area contributed by atoms with Crippen molar-refractivity contribution in [2.45, 2.75) is 6.92 Å². The minimum absolute atomic E-state index is 0.265. The second-order valence-corrected chi connectivity index (χ2v) is 3.03. The van der Waals surface area contributed by atoms with Crippen molar-refractivity contribution in [3.63, 3.8) is 0 Å².